The van der Waals surface area contributed by atoms with Gasteiger partial charge in [-0.25, -0.2) is 13.1 Å². The molecule has 0 unspecified atom stereocenters. The van der Waals surface area contributed by atoms with E-state index in [-0.39, 0.29) is 10.7 Å². The highest BCUT2D eigenvalue weighted by Gasteiger charge is 2.22. The van der Waals surface area contributed by atoms with Crippen molar-refractivity contribution < 1.29 is 13.2 Å². The van der Waals surface area contributed by atoms with Crippen molar-refractivity contribution in [1.29, 1.82) is 0 Å². The molecule has 1 fully saturated rings. The summed E-state index contributed by atoms with van der Waals surface area (Å²) in [7, 11) is -3.55. The van der Waals surface area contributed by atoms with Crippen molar-refractivity contribution in [2.24, 2.45) is 5.92 Å². The molecule has 1 saturated heterocycles. The van der Waals surface area contributed by atoms with Crippen LogP contribution in [0.1, 0.15) is 30.1 Å². The van der Waals surface area contributed by atoms with E-state index >= 15 is 0 Å². The molecule has 1 aliphatic heterocycles. The predicted octanol–water partition coefficient (Wildman–Crippen LogP) is 2.48. The number of aromatic nitrogens is 1. The summed E-state index contributed by atoms with van der Waals surface area (Å²) in [5.74, 6) is 0.238. The molecule has 6 nitrogen and oxygen atoms in total. The van der Waals surface area contributed by atoms with Gasteiger partial charge in [-0.1, -0.05) is 12.1 Å². The summed E-state index contributed by atoms with van der Waals surface area (Å²) in [5.41, 5.74) is 1.66. The van der Waals surface area contributed by atoms with Crippen LogP contribution in [0.4, 0.5) is 5.69 Å². The fourth-order valence-electron chi connectivity index (χ4n) is 3.13. The van der Waals surface area contributed by atoms with E-state index < -0.39 is 10.0 Å². The van der Waals surface area contributed by atoms with Crippen molar-refractivity contribution in [1.82, 2.24) is 9.71 Å². The van der Waals surface area contributed by atoms with Gasteiger partial charge in [-0.05, 0) is 49.9 Å². The largest absolute Gasteiger partial charge is 0.371 e. The molecule has 2 heterocycles. The Morgan fingerprint density at radius 2 is 1.73 bits per heavy atom. The van der Waals surface area contributed by atoms with Crippen LogP contribution in [0.3, 0.4) is 0 Å². The van der Waals surface area contributed by atoms with Crippen molar-refractivity contribution in [2.45, 2.75) is 24.7 Å². The molecule has 1 aromatic carbocycles. The van der Waals surface area contributed by atoms with Crippen LogP contribution in [0.15, 0.2) is 53.7 Å². The van der Waals surface area contributed by atoms with E-state index in [0.29, 0.717) is 18.0 Å². The lowest BCUT2D eigenvalue weighted by molar-refractivity contribution is 0.101. The minimum atomic E-state index is -3.55. The average molecular weight is 373 g/mol. The summed E-state index contributed by atoms with van der Waals surface area (Å²) >= 11 is 0. The summed E-state index contributed by atoms with van der Waals surface area (Å²) < 4.78 is 27.6. The molecule has 0 spiro atoms. The molecule has 0 amide bonds. The highest BCUT2D eigenvalue weighted by atomic mass is 32.2. The second-order valence-electron chi connectivity index (χ2n) is 6.57. The van der Waals surface area contributed by atoms with E-state index in [1.54, 1.807) is 24.5 Å². The van der Waals surface area contributed by atoms with Gasteiger partial charge in [-0.15, -0.1) is 0 Å². The normalized spacial score (nSPS) is 15.8. The molecule has 0 aliphatic carbocycles. The van der Waals surface area contributed by atoms with Crippen molar-refractivity contribution in [3.05, 3.63) is 54.4 Å². The Balaban J connectivity index is 1.53. The van der Waals surface area contributed by atoms with Gasteiger partial charge >= 0.3 is 0 Å². The molecular weight excluding hydrogens is 350 g/mol. The fourth-order valence-corrected chi connectivity index (χ4v) is 4.25. The monoisotopic (exact) mass is 373 g/mol. The van der Waals surface area contributed by atoms with Gasteiger partial charge in [0.15, 0.2) is 5.78 Å². The van der Waals surface area contributed by atoms with Crippen LogP contribution in [0.25, 0.3) is 0 Å². The lowest BCUT2D eigenvalue weighted by Crippen LogP contribution is -2.38. The van der Waals surface area contributed by atoms with E-state index in [1.165, 1.54) is 19.1 Å². The lowest BCUT2D eigenvalue weighted by Gasteiger charge is -2.33. The van der Waals surface area contributed by atoms with Crippen molar-refractivity contribution in [3.8, 4) is 0 Å². The van der Waals surface area contributed by atoms with Crippen LogP contribution in [0, 0.1) is 5.92 Å². The number of piperidine rings is 1. The zero-order valence-electron chi connectivity index (χ0n) is 14.8. The van der Waals surface area contributed by atoms with E-state index in [0.717, 1.165) is 31.6 Å². The number of benzene rings is 1. The molecule has 3 rings (SSSR count). The van der Waals surface area contributed by atoms with Crippen LogP contribution in [-0.2, 0) is 10.0 Å². The molecule has 0 radical (unpaired) electrons. The van der Waals surface area contributed by atoms with E-state index in [4.69, 9.17) is 0 Å². The Hall–Kier alpha value is -2.25. The summed E-state index contributed by atoms with van der Waals surface area (Å²) in [6, 6.07) is 10.0. The number of rotatable bonds is 6. The number of carbonyl (C=O) groups excluding carboxylic acids is 1. The van der Waals surface area contributed by atoms with Crippen LogP contribution >= 0.6 is 0 Å². The van der Waals surface area contributed by atoms with Gasteiger partial charge in [0.2, 0.25) is 10.0 Å². The first kappa shape index (κ1) is 18.5. The number of Topliss-reactive ketones (excluding diaryl/α,β-unsaturated/α-hetero) is 1. The number of ketones is 1. The molecule has 1 N–H and O–H groups in total. The Bertz CT molecular complexity index is 843. The molecular formula is C19H23N3O3S. The third-order valence-corrected chi connectivity index (χ3v) is 6.22. The standard InChI is InChI=1S/C19H23N3O3S/c1-15(23)17-2-4-19(5-3-17)26(24,25)21-14-16-8-12-22(13-9-16)18-6-10-20-11-7-18/h2-7,10-11,16,21H,8-9,12-14H2,1H3. The topological polar surface area (TPSA) is 79.4 Å². The van der Waals surface area contributed by atoms with Gasteiger partial charge in [0, 0.05) is 43.3 Å². The summed E-state index contributed by atoms with van der Waals surface area (Å²) in [6.07, 6.45) is 5.45. The van der Waals surface area contributed by atoms with Gasteiger partial charge in [0.25, 0.3) is 0 Å². The molecule has 138 valence electrons. The number of hydrogen-bond acceptors (Lipinski definition) is 5. The average Bonchev–Trinajstić information content (AvgIpc) is 2.67. The number of hydrogen-bond donors (Lipinski definition) is 1. The first-order valence-corrected chi connectivity index (χ1v) is 10.2. The van der Waals surface area contributed by atoms with Gasteiger partial charge in [0.05, 0.1) is 4.90 Å². The number of nitrogens with zero attached hydrogens (tertiary/aromatic N) is 2. The summed E-state index contributed by atoms with van der Waals surface area (Å²) in [5, 5.41) is 0. The Morgan fingerprint density at radius 1 is 1.12 bits per heavy atom. The number of sulfonamides is 1. The van der Waals surface area contributed by atoms with Crippen molar-refractivity contribution >= 4 is 21.5 Å². The number of anilines is 1. The first-order valence-electron chi connectivity index (χ1n) is 8.71. The molecule has 1 aliphatic rings. The lowest BCUT2D eigenvalue weighted by atomic mass is 9.97. The van der Waals surface area contributed by atoms with E-state index in [9.17, 15) is 13.2 Å². The van der Waals surface area contributed by atoms with Crippen LogP contribution < -0.4 is 9.62 Å². The molecule has 7 heteroatoms. The first-order chi connectivity index (χ1) is 12.5. The zero-order chi connectivity index (χ0) is 18.6. The maximum Gasteiger partial charge on any atom is 0.240 e. The SMILES string of the molecule is CC(=O)c1ccc(S(=O)(=O)NCC2CCN(c3ccncc3)CC2)cc1. The van der Waals surface area contributed by atoms with Crippen molar-refractivity contribution in [2.75, 3.05) is 24.5 Å². The summed E-state index contributed by atoms with van der Waals surface area (Å²) in [4.78, 5) is 17.8. The van der Waals surface area contributed by atoms with Gasteiger partial charge in [-0.3, -0.25) is 9.78 Å². The predicted molar refractivity (Wildman–Crippen MR) is 101 cm³/mol. The highest BCUT2D eigenvalue weighted by Crippen LogP contribution is 2.22. The second-order valence-corrected chi connectivity index (χ2v) is 8.34. The van der Waals surface area contributed by atoms with Crippen LogP contribution in [0.5, 0.6) is 0 Å². The zero-order valence-corrected chi connectivity index (χ0v) is 15.6. The molecule has 0 saturated carbocycles. The maximum absolute atomic E-state index is 12.4. The van der Waals surface area contributed by atoms with E-state index in [1.807, 2.05) is 12.1 Å². The molecule has 26 heavy (non-hydrogen) atoms. The van der Waals surface area contributed by atoms with Gasteiger partial charge in [-0.2, -0.15) is 0 Å². The second kappa shape index (κ2) is 7.97. The van der Waals surface area contributed by atoms with Crippen LogP contribution in [0.2, 0.25) is 0 Å². The highest BCUT2D eigenvalue weighted by molar-refractivity contribution is 7.89. The molecule has 0 atom stereocenters. The maximum atomic E-state index is 12.4. The minimum Gasteiger partial charge on any atom is -0.371 e. The quantitative estimate of drug-likeness (QED) is 0.787. The van der Waals surface area contributed by atoms with Crippen LogP contribution in [-0.4, -0.2) is 38.8 Å². The summed E-state index contributed by atoms with van der Waals surface area (Å²) in [6.45, 7) is 3.70. The number of pyridine rings is 1. The number of carbonyl (C=O) groups is 1. The fraction of sp³-hybridized carbons (Fsp3) is 0.368. The Morgan fingerprint density at radius 3 is 2.31 bits per heavy atom. The number of nitrogens with one attached hydrogen (secondary N) is 1. The van der Waals surface area contributed by atoms with Crippen molar-refractivity contribution in [3.63, 3.8) is 0 Å². The Kier molecular flexibility index (Phi) is 5.68. The molecule has 2 aromatic rings. The van der Waals surface area contributed by atoms with Gasteiger partial charge < -0.3 is 4.90 Å². The van der Waals surface area contributed by atoms with Gasteiger partial charge in [0.1, 0.15) is 0 Å². The Labute approximate surface area is 154 Å². The molecule has 1 aromatic heterocycles. The third kappa shape index (κ3) is 4.47. The van der Waals surface area contributed by atoms with E-state index in [2.05, 4.69) is 14.6 Å². The molecule has 0 bridgehead atoms. The smallest absolute Gasteiger partial charge is 0.240 e. The minimum absolute atomic E-state index is 0.0807. The third-order valence-electron chi connectivity index (χ3n) is 4.78.